The summed E-state index contributed by atoms with van der Waals surface area (Å²) in [5.74, 6) is -3.28. The quantitative estimate of drug-likeness (QED) is 0.561. The standard InChI is InChI=1S/C17H23FN2O2S.C2HF3O2/c1-2-10-19-11-4-8-17(19)9-5-12-20(14-17)23(21,22)16-7-3-6-15(18)13-16;3-2(4,5)1(6)7/h2-3,6-7,13H,1,4-5,8-12,14H2;(H,6,7). The van der Waals surface area contributed by atoms with Gasteiger partial charge in [-0.05, 0) is 50.4 Å². The van der Waals surface area contributed by atoms with Crippen LogP contribution in [0.1, 0.15) is 25.7 Å². The summed E-state index contributed by atoms with van der Waals surface area (Å²) >= 11 is 0. The van der Waals surface area contributed by atoms with E-state index in [-0.39, 0.29) is 10.4 Å². The van der Waals surface area contributed by atoms with E-state index >= 15 is 0 Å². The molecule has 0 saturated carbocycles. The number of hydrogen-bond donors (Lipinski definition) is 1. The molecule has 0 amide bonds. The smallest absolute Gasteiger partial charge is 0.475 e. The summed E-state index contributed by atoms with van der Waals surface area (Å²) in [5.41, 5.74) is -0.0904. The van der Waals surface area contributed by atoms with Gasteiger partial charge in [0.15, 0.2) is 0 Å². The molecule has 2 fully saturated rings. The van der Waals surface area contributed by atoms with Gasteiger partial charge in [0, 0.05) is 25.2 Å². The second-order valence-corrected chi connectivity index (χ2v) is 9.20. The summed E-state index contributed by atoms with van der Waals surface area (Å²) in [6.45, 7) is 6.57. The minimum absolute atomic E-state index is 0.0443. The van der Waals surface area contributed by atoms with Crippen molar-refractivity contribution in [3.05, 3.63) is 42.7 Å². The molecule has 0 aromatic heterocycles. The molecule has 11 heteroatoms. The minimum atomic E-state index is -5.08. The average molecular weight is 452 g/mol. The van der Waals surface area contributed by atoms with Crippen molar-refractivity contribution in [3.8, 4) is 0 Å². The average Bonchev–Trinajstić information content (AvgIpc) is 3.03. The molecule has 3 rings (SSSR count). The molecule has 2 saturated heterocycles. The Morgan fingerprint density at radius 2 is 1.83 bits per heavy atom. The Bertz CT molecular complexity index is 876. The number of likely N-dealkylation sites (tertiary alicyclic amines) is 1. The van der Waals surface area contributed by atoms with Crippen LogP contribution < -0.4 is 0 Å². The Labute approximate surface area is 172 Å². The number of nitrogens with zero attached hydrogens (tertiary/aromatic N) is 2. The lowest BCUT2D eigenvalue weighted by Crippen LogP contribution is -2.56. The summed E-state index contributed by atoms with van der Waals surface area (Å²) < 4.78 is 72.4. The van der Waals surface area contributed by atoms with Crippen molar-refractivity contribution >= 4 is 16.0 Å². The lowest BCUT2D eigenvalue weighted by molar-refractivity contribution is -0.192. The normalized spacial score (nSPS) is 23.1. The van der Waals surface area contributed by atoms with E-state index in [2.05, 4.69) is 11.5 Å². The largest absolute Gasteiger partial charge is 0.490 e. The molecule has 30 heavy (non-hydrogen) atoms. The van der Waals surface area contributed by atoms with Crippen LogP contribution in [0.4, 0.5) is 17.6 Å². The summed E-state index contributed by atoms with van der Waals surface area (Å²) in [5, 5.41) is 7.12. The molecular formula is C19H24F4N2O4S. The number of sulfonamides is 1. The molecule has 1 atom stereocenters. The Morgan fingerprint density at radius 1 is 1.23 bits per heavy atom. The number of benzene rings is 1. The van der Waals surface area contributed by atoms with Crippen molar-refractivity contribution in [3.63, 3.8) is 0 Å². The first kappa shape index (κ1) is 24.3. The maximum Gasteiger partial charge on any atom is 0.490 e. The molecule has 2 heterocycles. The summed E-state index contributed by atoms with van der Waals surface area (Å²) in [7, 11) is -3.65. The highest BCUT2D eigenvalue weighted by atomic mass is 32.2. The van der Waals surface area contributed by atoms with Crippen LogP contribution >= 0.6 is 0 Å². The van der Waals surface area contributed by atoms with Gasteiger partial charge in [0.1, 0.15) is 5.82 Å². The molecule has 1 N–H and O–H groups in total. The topological polar surface area (TPSA) is 77.9 Å². The molecule has 1 unspecified atom stereocenters. The highest BCUT2D eigenvalue weighted by Gasteiger charge is 2.46. The Morgan fingerprint density at radius 3 is 2.37 bits per heavy atom. The van der Waals surface area contributed by atoms with E-state index in [1.807, 2.05) is 6.08 Å². The third-order valence-electron chi connectivity index (χ3n) is 5.29. The third-order valence-corrected chi connectivity index (χ3v) is 7.13. The van der Waals surface area contributed by atoms with Crippen molar-refractivity contribution in [2.24, 2.45) is 0 Å². The lowest BCUT2D eigenvalue weighted by Gasteiger charge is -2.45. The zero-order valence-corrected chi connectivity index (χ0v) is 17.1. The van der Waals surface area contributed by atoms with Crippen molar-refractivity contribution in [2.45, 2.75) is 42.3 Å². The summed E-state index contributed by atoms with van der Waals surface area (Å²) in [6, 6.07) is 5.28. The maximum absolute atomic E-state index is 13.4. The van der Waals surface area contributed by atoms with Gasteiger partial charge in [0.25, 0.3) is 0 Å². The van der Waals surface area contributed by atoms with Crippen LogP contribution in [-0.4, -0.2) is 66.6 Å². The Kier molecular flexibility index (Phi) is 7.64. The molecule has 0 bridgehead atoms. The van der Waals surface area contributed by atoms with E-state index in [9.17, 15) is 26.0 Å². The fourth-order valence-electron chi connectivity index (χ4n) is 3.95. The lowest BCUT2D eigenvalue weighted by atomic mass is 9.87. The van der Waals surface area contributed by atoms with Gasteiger partial charge < -0.3 is 5.11 Å². The number of alkyl halides is 3. The monoisotopic (exact) mass is 452 g/mol. The highest BCUT2D eigenvalue weighted by Crippen LogP contribution is 2.38. The van der Waals surface area contributed by atoms with Gasteiger partial charge in [-0.3, -0.25) is 4.90 Å². The van der Waals surface area contributed by atoms with E-state index in [0.717, 1.165) is 44.8 Å². The number of carboxylic acid groups (broad SMARTS) is 1. The van der Waals surface area contributed by atoms with Gasteiger partial charge in [-0.25, -0.2) is 17.6 Å². The third kappa shape index (κ3) is 5.58. The van der Waals surface area contributed by atoms with Crippen LogP contribution in [-0.2, 0) is 14.8 Å². The number of halogens is 4. The van der Waals surface area contributed by atoms with Crippen LogP contribution in [0, 0.1) is 5.82 Å². The molecule has 2 aliphatic heterocycles. The zero-order valence-electron chi connectivity index (χ0n) is 16.2. The molecule has 1 aromatic carbocycles. The molecular weight excluding hydrogens is 428 g/mol. The second kappa shape index (κ2) is 9.44. The van der Waals surface area contributed by atoms with Gasteiger partial charge in [0.2, 0.25) is 10.0 Å². The number of aliphatic carboxylic acids is 1. The van der Waals surface area contributed by atoms with Crippen LogP contribution in [0.25, 0.3) is 0 Å². The number of carbonyl (C=O) groups is 1. The van der Waals surface area contributed by atoms with Gasteiger partial charge in [-0.2, -0.15) is 17.5 Å². The van der Waals surface area contributed by atoms with Crippen LogP contribution in [0.2, 0.25) is 0 Å². The van der Waals surface area contributed by atoms with Crippen LogP contribution in [0.15, 0.2) is 41.8 Å². The van der Waals surface area contributed by atoms with Crippen molar-refractivity contribution < 1.29 is 35.9 Å². The van der Waals surface area contributed by atoms with Crippen LogP contribution in [0.5, 0.6) is 0 Å². The zero-order chi connectivity index (χ0) is 22.6. The van der Waals surface area contributed by atoms with Crippen molar-refractivity contribution in [2.75, 3.05) is 26.2 Å². The fourth-order valence-corrected chi connectivity index (χ4v) is 5.54. The van der Waals surface area contributed by atoms with Gasteiger partial charge in [-0.1, -0.05) is 12.1 Å². The molecule has 6 nitrogen and oxygen atoms in total. The number of hydrogen-bond acceptors (Lipinski definition) is 4. The van der Waals surface area contributed by atoms with Gasteiger partial charge in [-0.15, -0.1) is 6.58 Å². The second-order valence-electron chi connectivity index (χ2n) is 7.27. The molecule has 1 aromatic rings. The van der Waals surface area contributed by atoms with E-state index in [1.165, 1.54) is 22.5 Å². The predicted molar refractivity (Wildman–Crippen MR) is 102 cm³/mol. The minimum Gasteiger partial charge on any atom is -0.475 e. The Balaban J connectivity index is 0.000000396. The van der Waals surface area contributed by atoms with Gasteiger partial charge in [0.05, 0.1) is 4.90 Å². The van der Waals surface area contributed by atoms with Crippen LogP contribution in [0.3, 0.4) is 0 Å². The van der Waals surface area contributed by atoms with E-state index in [0.29, 0.717) is 13.1 Å². The molecule has 0 aliphatic carbocycles. The first-order chi connectivity index (χ1) is 13.9. The van der Waals surface area contributed by atoms with Crippen molar-refractivity contribution in [1.82, 2.24) is 9.21 Å². The fraction of sp³-hybridized carbons (Fsp3) is 0.526. The first-order valence-corrected chi connectivity index (χ1v) is 10.8. The molecule has 2 aliphatic rings. The summed E-state index contributed by atoms with van der Waals surface area (Å²) in [6.07, 6.45) is 0.739. The van der Waals surface area contributed by atoms with E-state index in [4.69, 9.17) is 9.90 Å². The molecule has 0 radical (unpaired) electrons. The van der Waals surface area contributed by atoms with Gasteiger partial charge >= 0.3 is 12.1 Å². The number of rotatable bonds is 4. The van der Waals surface area contributed by atoms with Crippen molar-refractivity contribution in [1.29, 1.82) is 0 Å². The highest BCUT2D eigenvalue weighted by molar-refractivity contribution is 7.89. The summed E-state index contributed by atoms with van der Waals surface area (Å²) in [4.78, 5) is 11.3. The number of carboxylic acids is 1. The Hall–Kier alpha value is -1.98. The first-order valence-electron chi connectivity index (χ1n) is 9.34. The number of piperidine rings is 1. The molecule has 1 spiro atoms. The SMILES string of the molecule is C=CCN1CCCC12CCCN(S(=O)(=O)c1cccc(F)c1)C2.O=C(O)C(F)(F)F. The van der Waals surface area contributed by atoms with E-state index < -0.39 is 28.0 Å². The predicted octanol–water partition coefficient (Wildman–Crippen LogP) is 3.26. The molecule has 168 valence electrons. The maximum atomic E-state index is 13.4. The van der Waals surface area contributed by atoms with E-state index in [1.54, 1.807) is 0 Å².